The third-order valence-electron chi connectivity index (χ3n) is 4.34. The van der Waals surface area contributed by atoms with Crippen LogP contribution in [0.2, 0.25) is 0 Å². The summed E-state index contributed by atoms with van der Waals surface area (Å²) in [6.45, 7) is 12.1. The molecule has 0 aliphatic carbocycles. The molecule has 2 unspecified atom stereocenters. The Labute approximate surface area is 129 Å². The summed E-state index contributed by atoms with van der Waals surface area (Å²) < 4.78 is 5.73. The maximum absolute atomic E-state index is 5.73. The molecule has 1 heterocycles. The van der Waals surface area contributed by atoms with Gasteiger partial charge < -0.3 is 10.1 Å². The maximum Gasteiger partial charge on any atom is 0.119 e. The quantitative estimate of drug-likeness (QED) is 0.866. The average molecular weight is 290 g/mol. The summed E-state index contributed by atoms with van der Waals surface area (Å²) in [6.07, 6.45) is 2.82. The molecule has 1 fully saturated rings. The molecule has 2 atom stereocenters. The van der Waals surface area contributed by atoms with Crippen molar-refractivity contribution in [1.29, 1.82) is 0 Å². The Bertz CT molecular complexity index is 410. The highest BCUT2D eigenvalue weighted by Crippen LogP contribution is 2.26. The van der Waals surface area contributed by atoms with Crippen molar-refractivity contribution in [2.45, 2.75) is 58.7 Å². The number of rotatable bonds is 6. The fraction of sp³-hybridized carbons (Fsp3) is 0.667. The van der Waals surface area contributed by atoms with E-state index in [1.165, 1.54) is 24.9 Å². The van der Waals surface area contributed by atoms with Crippen LogP contribution in [0.4, 0.5) is 0 Å². The summed E-state index contributed by atoms with van der Waals surface area (Å²) in [5, 5.41) is 3.52. The van der Waals surface area contributed by atoms with E-state index >= 15 is 0 Å². The molecule has 3 nitrogen and oxygen atoms in total. The molecular weight excluding hydrogens is 260 g/mol. The zero-order valence-corrected chi connectivity index (χ0v) is 13.9. The lowest BCUT2D eigenvalue weighted by Gasteiger charge is -2.38. The van der Waals surface area contributed by atoms with Gasteiger partial charge in [0.25, 0.3) is 0 Å². The molecule has 1 aromatic rings. The third-order valence-corrected chi connectivity index (χ3v) is 4.34. The van der Waals surface area contributed by atoms with Crippen LogP contribution in [0.1, 0.15) is 52.1 Å². The van der Waals surface area contributed by atoms with Crippen molar-refractivity contribution in [2.24, 2.45) is 0 Å². The van der Waals surface area contributed by atoms with Gasteiger partial charge in [-0.2, -0.15) is 0 Å². The van der Waals surface area contributed by atoms with Crippen molar-refractivity contribution >= 4 is 0 Å². The zero-order chi connectivity index (χ0) is 15.2. The monoisotopic (exact) mass is 290 g/mol. The molecule has 3 heteroatoms. The van der Waals surface area contributed by atoms with E-state index in [4.69, 9.17) is 4.74 Å². The molecule has 1 aliphatic rings. The van der Waals surface area contributed by atoms with Gasteiger partial charge in [-0.15, -0.1) is 0 Å². The lowest BCUT2D eigenvalue weighted by atomic mass is 10.0. The summed E-state index contributed by atoms with van der Waals surface area (Å²) in [6, 6.07) is 9.72. The van der Waals surface area contributed by atoms with Gasteiger partial charge in [-0.3, -0.25) is 4.90 Å². The van der Waals surface area contributed by atoms with E-state index < -0.39 is 0 Å². The molecule has 0 radical (unpaired) electrons. The maximum atomic E-state index is 5.73. The first kappa shape index (κ1) is 16.3. The van der Waals surface area contributed by atoms with Gasteiger partial charge in [0.1, 0.15) is 5.75 Å². The normalized spacial score (nSPS) is 20.8. The fourth-order valence-corrected chi connectivity index (χ4v) is 3.25. The largest absolute Gasteiger partial charge is 0.491 e. The van der Waals surface area contributed by atoms with Gasteiger partial charge in [0.15, 0.2) is 0 Å². The van der Waals surface area contributed by atoms with Crippen LogP contribution in [0.15, 0.2) is 24.3 Å². The standard InChI is InChI=1S/C18H30N2O/c1-5-20(17-7-6-12-19-13-17)15(4)16-8-10-18(11-9-16)21-14(2)3/h8-11,14-15,17,19H,5-7,12-13H2,1-4H3. The van der Waals surface area contributed by atoms with E-state index in [1.807, 2.05) is 0 Å². The number of piperidine rings is 1. The molecule has 0 spiro atoms. The second-order valence-electron chi connectivity index (χ2n) is 6.24. The van der Waals surface area contributed by atoms with Crippen molar-refractivity contribution in [2.75, 3.05) is 19.6 Å². The first-order chi connectivity index (χ1) is 10.1. The smallest absolute Gasteiger partial charge is 0.119 e. The van der Waals surface area contributed by atoms with Gasteiger partial charge in [-0.05, 0) is 64.4 Å². The van der Waals surface area contributed by atoms with Crippen LogP contribution < -0.4 is 10.1 Å². The van der Waals surface area contributed by atoms with Gasteiger partial charge in [0.2, 0.25) is 0 Å². The van der Waals surface area contributed by atoms with E-state index in [-0.39, 0.29) is 6.10 Å². The fourth-order valence-electron chi connectivity index (χ4n) is 3.25. The minimum Gasteiger partial charge on any atom is -0.491 e. The van der Waals surface area contributed by atoms with Gasteiger partial charge in [-0.1, -0.05) is 19.1 Å². The topological polar surface area (TPSA) is 24.5 Å². The molecular formula is C18H30N2O. The number of hydrogen-bond donors (Lipinski definition) is 1. The Hall–Kier alpha value is -1.06. The van der Waals surface area contributed by atoms with E-state index in [9.17, 15) is 0 Å². The second-order valence-corrected chi connectivity index (χ2v) is 6.24. The summed E-state index contributed by atoms with van der Waals surface area (Å²) in [7, 11) is 0. The van der Waals surface area contributed by atoms with E-state index in [1.54, 1.807) is 0 Å². The lowest BCUT2D eigenvalue weighted by molar-refractivity contribution is 0.128. The van der Waals surface area contributed by atoms with Crippen LogP contribution in [0.5, 0.6) is 5.75 Å². The average Bonchev–Trinajstić information content (AvgIpc) is 2.49. The predicted molar refractivity (Wildman–Crippen MR) is 88.9 cm³/mol. The van der Waals surface area contributed by atoms with Crippen molar-refractivity contribution < 1.29 is 4.74 Å². The summed E-state index contributed by atoms with van der Waals surface area (Å²) in [4.78, 5) is 2.62. The number of nitrogens with zero attached hydrogens (tertiary/aromatic N) is 1. The Kier molecular flexibility index (Phi) is 6.07. The first-order valence-corrected chi connectivity index (χ1v) is 8.35. The van der Waals surface area contributed by atoms with Crippen LogP contribution >= 0.6 is 0 Å². The number of hydrogen-bond acceptors (Lipinski definition) is 3. The van der Waals surface area contributed by atoms with Crippen LogP contribution in [0, 0.1) is 0 Å². The van der Waals surface area contributed by atoms with Gasteiger partial charge in [0, 0.05) is 18.6 Å². The Morgan fingerprint density at radius 1 is 1.24 bits per heavy atom. The minimum atomic E-state index is 0.230. The molecule has 1 saturated heterocycles. The molecule has 2 rings (SSSR count). The van der Waals surface area contributed by atoms with Gasteiger partial charge in [0.05, 0.1) is 6.10 Å². The van der Waals surface area contributed by atoms with Crippen molar-refractivity contribution in [3.63, 3.8) is 0 Å². The SMILES string of the molecule is CCN(C1CCCNC1)C(C)c1ccc(OC(C)C)cc1. The molecule has 1 aliphatic heterocycles. The Balaban J connectivity index is 2.04. The van der Waals surface area contributed by atoms with Crippen molar-refractivity contribution in [3.05, 3.63) is 29.8 Å². The molecule has 0 bridgehead atoms. The van der Waals surface area contributed by atoms with E-state index in [0.29, 0.717) is 12.1 Å². The van der Waals surface area contributed by atoms with Crippen LogP contribution in [-0.2, 0) is 0 Å². The van der Waals surface area contributed by atoms with Crippen molar-refractivity contribution in [3.8, 4) is 5.75 Å². The molecule has 0 aromatic heterocycles. The molecule has 1 aromatic carbocycles. The van der Waals surface area contributed by atoms with Crippen LogP contribution in [0.25, 0.3) is 0 Å². The van der Waals surface area contributed by atoms with Gasteiger partial charge >= 0.3 is 0 Å². The number of benzene rings is 1. The van der Waals surface area contributed by atoms with Crippen LogP contribution in [0.3, 0.4) is 0 Å². The highest BCUT2D eigenvalue weighted by Gasteiger charge is 2.24. The summed E-state index contributed by atoms with van der Waals surface area (Å²) >= 11 is 0. The number of nitrogens with one attached hydrogen (secondary N) is 1. The molecule has 0 saturated carbocycles. The molecule has 118 valence electrons. The highest BCUT2D eigenvalue weighted by molar-refractivity contribution is 5.29. The van der Waals surface area contributed by atoms with Gasteiger partial charge in [-0.25, -0.2) is 0 Å². The summed E-state index contributed by atoms with van der Waals surface area (Å²) in [5.41, 5.74) is 1.37. The third kappa shape index (κ3) is 4.45. The number of likely N-dealkylation sites (N-methyl/N-ethyl adjacent to an activating group) is 1. The lowest BCUT2D eigenvalue weighted by Crippen LogP contribution is -2.46. The van der Waals surface area contributed by atoms with E-state index in [0.717, 1.165) is 18.8 Å². The first-order valence-electron chi connectivity index (χ1n) is 8.35. The summed E-state index contributed by atoms with van der Waals surface area (Å²) in [5.74, 6) is 0.961. The van der Waals surface area contributed by atoms with Crippen molar-refractivity contribution in [1.82, 2.24) is 10.2 Å². The highest BCUT2D eigenvalue weighted by atomic mass is 16.5. The second kappa shape index (κ2) is 7.81. The molecule has 21 heavy (non-hydrogen) atoms. The predicted octanol–water partition coefficient (Wildman–Crippen LogP) is 3.61. The Morgan fingerprint density at radius 3 is 2.48 bits per heavy atom. The zero-order valence-electron chi connectivity index (χ0n) is 13.9. The minimum absolute atomic E-state index is 0.230. The van der Waals surface area contributed by atoms with Crippen LogP contribution in [-0.4, -0.2) is 36.7 Å². The van der Waals surface area contributed by atoms with E-state index in [2.05, 4.69) is 62.2 Å². The Morgan fingerprint density at radius 2 is 1.95 bits per heavy atom. The molecule has 0 amide bonds. The molecule has 1 N–H and O–H groups in total. The number of ether oxygens (including phenoxy) is 1.